The number of hydrogen-bond donors (Lipinski definition) is 0. The highest BCUT2D eigenvalue weighted by Gasteiger charge is 2.10. The van der Waals surface area contributed by atoms with E-state index >= 15 is 0 Å². The summed E-state index contributed by atoms with van der Waals surface area (Å²) < 4.78 is 32.9. The molecule has 0 spiro atoms. The number of carbonyl (C=O) groups excluding carboxylic acids is 3. The molecule has 0 atom stereocenters. The first-order valence-corrected chi connectivity index (χ1v) is 12.8. The molecule has 7 nitrogen and oxygen atoms in total. The average Bonchev–Trinajstić information content (AvgIpc) is 2.94. The van der Waals surface area contributed by atoms with Crippen molar-refractivity contribution < 1.29 is 37.7 Å². The van der Waals surface area contributed by atoms with Gasteiger partial charge in [-0.15, -0.1) is 0 Å². The molecule has 0 amide bonds. The van der Waals surface area contributed by atoms with E-state index in [1.807, 2.05) is 36.4 Å². The maximum absolute atomic E-state index is 12.7. The van der Waals surface area contributed by atoms with Gasteiger partial charge in [-0.25, -0.2) is 4.79 Å². The minimum atomic E-state index is -1.13. The summed E-state index contributed by atoms with van der Waals surface area (Å²) in [6.07, 6.45) is 1.61. The molecule has 0 N–H and O–H groups in total. The van der Waals surface area contributed by atoms with Crippen LogP contribution in [0.5, 0.6) is 11.5 Å². The number of thioether (sulfide) groups is 1. The van der Waals surface area contributed by atoms with Crippen LogP contribution in [0.15, 0.2) is 103 Å². The van der Waals surface area contributed by atoms with Crippen LogP contribution in [0.25, 0.3) is 11.1 Å². The molecule has 0 aromatic heterocycles. The van der Waals surface area contributed by atoms with Crippen LogP contribution < -0.4 is 9.47 Å². The van der Waals surface area contributed by atoms with Crippen LogP contribution in [-0.2, 0) is 19.1 Å². The lowest BCUT2D eigenvalue weighted by Crippen LogP contribution is -2.08. The minimum absolute atomic E-state index is 0.0266. The number of rotatable bonds is 14. The quantitative estimate of drug-likeness (QED) is 0.0735. The van der Waals surface area contributed by atoms with Crippen molar-refractivity contribution in [2.75, 3.05) is 19.8 Å². The summed E-state index contributed by atoms with van der Waals surface area (Å²) in [6, 6.07) is 21.8. The van der Waals surface area contributed by atoms with E-state index in [1.54, 1.807) is 36.4 Å². The molecular weight excluding hydrogens is 523 g/mol. The molecule has 0 radical (unpaired) electrons. The van der Waals surface area contributed by atoms with E-state index in [4.69, 9.17) is 9.47 Å². The van der Waals surface area contributed by atoms with Gasteiger partial charge in [0.25, 0.3) is 0 Å². The van der Waals surface area contributed by atoms with Crippen LogP contribution in [-0.4, -0.2) is 36.9 Å². The third-order valence-electron chi connectivity index (χ3n) is 5.14. The smallest absolute Gasteiger partial charge is 0.366 e. The highest BCUT2D eigenvalue weighted by molar-refractivity contribution is 8.14. The van der Waals surface area contributed by atoms with Crippen LogP contribution in [0.3, 0.4) is 0 Å². The Balaban J connectivity index is 1.44. The maximum Gasteiger partial charge on any atom is 0.366 e. The van der Waals surface area contributed by atoms with Gasteiger partial charge in [0.1, 0.15) is 11.5 Å². The van der Waals surface area contributed by atoms with Gasteiger partial charge in [-0.2, -0.15) is 4.39 Å². The Bertz CT molecular complexity index is 1290. The normalized spacial score (nSPS) is 10.3. The Kier molecular flexibility index (Phi) is 11.3. The molecule has 0 aliphatic carbocycles. The second-order valence-electron chi connectivity index (χ2n) is 7.96. The van der Waals surface area contributed by atoms with Gasteiger partial charge in [0.2, 0.25) is 10.9 Å². The molecule has 0 unspecified atom stereocenters. The Morgan fingerprint density at radius 1 is 0.795 bits per heavy atom. The van der Waals surface area contributed by atoms with Crippen molar-refractivity contribution in [1.82, 2.24) is 0 Å². The predicted molar refractivity (Wildman–Crippen MR) is 146 cm³/mol. The van der Waals surface area contributed by atoms with Crippen molar-refractivity contribution in [3.63, 3.8) is 0 Å². The van der Waals surface area contributed by atoms with E-state index in [0.717, 1.165) is 34.0 Å². The summed E-state index contributed by atoms with van der Waals surface area (Å²) in [5, 5.41) is -0.0924. The number of halogens is 1. The monoisotopic (exact) mass is 550 g/mol. The fraction of sp³-hybridized carbons (Fsp3) is 0.167. The molecule has 0 fully saturated rings. The molecule has 0 heterocycles. The van der Waals surface area contributed by atoms with Gasteiger partial charge in [-0.3, -0.25) is 9.59 Å². The summed E-state index contributed by atoms with van der Waals surface area (Å²) in [4.78, 5) is 35.8. The average molecular weight is 551 g/mol. The zero-order valence-corrected chi connectivity index (χ0v) is 21.9. The van der Waals surface area contributed by atoms with Crippen molar-refractivity contribution in [3.05, 3.63) is 104 Å². The second kappa shape index (κ2) is 15.1. The highest BCUT2D eigenvalue weighted by atomic mass is 32.2. The SMILES string of the molecule is C=COC(=O)CCOc1ccc(-c2ccc(C(=O)Sc3ccc(OCCCOC(=O)C(=C)F)cc3)cc2)cc1. The number of carbonyl (C=O) groups is 3. The molecule has 0 bridgehead atoms. The molecule has 3 aromatic carbocycles. The summed E-state index contributed by atoms with van der Waals surface area (Å²) in [5.74, 6) is -1.37. The second-order valence-corrected chi connectivity index (χ2v) is 9.01. The largest absolute Gasteiger partial charge is 0.493 e. The van der Waals surface area contributed by atoms with Gasteiger partial charge in [0, 0.05) is 16.9 Å². The van der Waals surface area contributed by atoms with Gasteiger partial charge < -0.3 is 18.9 Å². The first kappa shape index (κ1) is 29.2. The molecule has 0 saturated heterocycles. The Morgan fingerprint density at radius 2 is 1.36 bits per heavy atom. The summed E-state index contributed by atoms with van der Waals surface area (Å²) >= 11 is 1.11. The lowest BCUT2D eigenvalue weighted by Gasteiger charge is -2.08. The van der Waals surface area contributed by atoms with E-state index in [1.165, 1.54) is 0 Å². The summed E-state index contributed by atoms with van der Waals surface area (Å²) in [6.45, 7) is 6.72. The van der Waals surface area contributed by atoms with Gasteiger partial charge in [0.05, 0.1) is 32.5 Å². The van der Waals surface area contributed by atoms with Crippen LogP contribution in [0.1, 0.15) is 23.2 Å². The van der Waals surface area contributed by atoms with Crippen LogP contribution >= 0.6 is 11.8 Å². The molecule has 0 aliphatic heterocycles. The standard InChI is InChI=1S/C30H27FO7S/c1-3-35-28(32)17-20-37-25-11-9-23(10-12-25)22-5-7-24(8-6-22)30(34)39-27-15-13-26(14-16-27)36-18-4-19-38-29(33)21(2)31/h3,5-16H,1-2,4,17-20H2. The molecule has 0 aliphatic rings. The number of esters is 2. The molecule has 9 heteroatoms. The first-order valence-electron chi connectivity index (χ1n) is 12.0. The van der Waals surface area contributed by atoms with Crippen molar-refractivity contribution in [2.45, 2.75) is 17.7 Å². The van der Waals surface area contributed by atoms with Crippen LogP contribution in [0.4, 0.5) is 4.39 Å². The van der Waals surface area contributed by atoms with Gasteiger partial charge in [-0.05, 0) is 71.4 Å². The predicted octanol–water partition coefficient (Wildman–Crippen LogP) is 6.54. The Hall–Kier alpha value is -4.37. The molecule has 3 aromatic rings. The van der Waals surface area contributed by atoms with Gasteiger partial charge in [-0.1, -0.05) is 37.4 Å². The zero-order valence-electron chi connectivity index (χ0n) is 21.1. The molecular formula is C30H27FO7S. The number of ether oxygens (including phenoxy) is 4. The Labute approximate surface area is 230 Å². The van der Waals surface area contributed by atoms with Crippen LogP contribution in [0.2, 0.25) is 0 Å². The van der Waals surface area contributed by atoms with Crippen LogP contribution in [0, 0.1) is 0 Å². The lowest BCUT2D eigenvalue weighted by molar-refractivity contribution is -0.141. The zero-order chi connectivity index (χ0) is 28.0. The highest BCUT2D eigenvalue weighted by Crippen LogP contribution is 2.27. The van der Waals surface area contributed by atoms with E-state index in [9.17, 15) is 18.8 Å². The number of benzene rings is 3. The molecule has 0 saturated carbocycles. The van der Waals surface area contributed by atoms with Gasteiger partial charge in [0.15, 0.2) is 0 Å². The first-order chi connectivity index (χ1) is 18.9. The van der Waals surface area contributed by atoms with E-state index in [-0.39, 0.29) is 31.4 Å². The summed E-state index contributed by atoms with van der Waals surface area (Å²) in [5.41, 5.74) is 2.48. The third kappa shape index (κ3) is 9.79. The number of hydrogen-bond acceptors (Lipinski definition) is 8. The summed E-state index contributed by atoms with van der Waals surface area (Å²) in [7, 11) is 0. The van der Waals surface area contributed by atoms with Crippen molar-refractivity contribution in [1.29, 1.82) is 0 Å². The maximum atomic E-state index is 12.7. The van der Waals surface area contributed by atoms with E-state index < -0.39 is 17.8 Å². The molecule has 202 valence electrons. The van der Waals surface area contributed by atoms with E-state index in [2.05, 4.69) is 22.6 Å². The fourth-order valence-corrected chi connectivity index (χ4v) is 3.95. The Morgan fingerprint density at radius 3 is 1.95 bits per heavy atom. The van der Waals surface area contributed by atoms with Crippen molar-refractivity contribution >= 4 is 28.8 Å². The van der Waals surface area contributed by atoms with Crippen molar-refractivity contribution in [2.24, 2.45) is 0 Å². The van der Waals surface area contributed by atoms with E-state index in [0.29, 0.717) is 23.5 Å². The van der Waals surface area contributed by atoms with Crippen molar-refractivity contribution in [3.8, 4) is 22.6 Å². The molecule has 3 rings (SSSR count). The fourth-order valence-electron chi connectivity index (χ4n) is 3.21. The third-order valence-corrected chi connectivity index (χ3v) is 6.07. The molecule has 39 heavy (non-hydrogen) atoms. The minimum Gasteiger partial charge on any atom is -0.493 e. The van der Waals surface area contributed by atoms with Gasteiger partial charge >= 0.3 is 11.9 Å². The lowest BCUT2D eigenvalue weighted by atomic mass is 10.0. The topological polar surface area (TPSA) is 88.1 Å².